The molecule has 0 spiro atoms. The van der Waals surface area contributed by atoms with E-state index in [-0.39, 0.29) is 11.9 Å². The Hall–Kier alpha value is -1.72. The highest BCUT2D eigenvalue weighted by molar-refractivity contribution is 5.42. The molecule has 0 saturated carbocycles. The average molecular weight is 275 g/mol. The van der Waals surface area contributed by atoms with Crippen LogP contribution in [0.5, 0.6) is 0 Å². The first-order chi connectivity index (χ1) is 9.66. The van der Waals surface area contributed by atoms with Gasteiger partial charge in [0.05, 0.1) is 36.6 Å². The topological polar surface area (TPSA) is 53.1 Å². The molecule has 0 bridgehead atoms. The van der Waals surface area contributed by atoms with Crippen molar-refractivity contribution in [3.05, 3.63) is 47.8 Å². The molecule has 2 N–H and O–H groups in total. The van der Waals surface area contributed by atoms with E-state index in [0.717, 1.165) is 30.0 Å². The lowest BCUT2D eigenvalue weighted by molar-refractivity contribution is 0.180. The molecule has 2 unspecified atom stereocenters. The van der Waals surface area contributed by atoms with Crippen LogP contribution in [0.4, 0.5) is 4.39 Å². The number of hydrogen-bond acceptors (Lipinski definition) is 3. The normalized spacial score (nSPS) is 20.2. The number of rotatable bonds is 3. The van der Waals surface area contributed by atoms with Gasteiger partial charge in [0.25, 0.3) is 0 Å². The minimum Gasteiger partial charge on any atom is -0.381 e. The Balaban J connectivity index is 1.99. The molecule has 3 rings (SSSR count). The van der Waals surface area contributed by atoms with Crippen molar-refractivity contribution in [3.63, 3.8) is 0 Å². The molecule has 20 heavy (non-hydrogen) atoms. The van der Waals surface area contributed by atoms with Gasteiger partial charge in [-0.25, -0.2) is 9.37 Å². The largest absolute Gasteiger partial charge is 0.381 e. The third-order valence-electron chi connectivity index (χ3n) is 3.91. The van der Waals surface area contributed by atoms with Crippen LogP contribution in [0, 0.1) is 18.7 Å². The molecule has 1 saturated heterocycles. The smallest absolute Gasteiger partial charge is 0.125 e. The molecule has 2 atom stereocenters. The zero-order valence-electron chi connectivity index (χ0n) is 11.4. The van der Waals surface area contributed by atoms with Gasteiger partial charge in [-0.2, -0.15) is 0 Å². The van der Waals surface area contributed by atoms with Gasteiger partial charge in [0.2, 0.25) is 0 Å². The monoisotopic (exact) mass is 275 g/mol. The second-order valence-electron chi connectivity index (χ2n) is 5.27. The van der Waals surface area contributed by atoms with Crippen LogP contribution in [-0.2, 0) is 4.74 Å². The van der Waals surface area contributed by atoms with Gasteiger partial charge in [0.1, 0.15) is 5.82 Å². The minimum absolute atomic E-state index is 0.150. The summed E-state index contributed by atoms with van der Waals surface area (Å²) in [6.07, 6.45) is 4.40. The molecule has 5 heteroatoms. The first-order valence-corrected chi connectivity index (χ1v) is 6.79. The first-order valence-electron chi connectivity index (χ1n) is 6.79. The van der Waals surface area contributed by atoms with Gasteiger partial charge in [-0.1, -0.05) is 6.07 Å². The zero-order chi connectivity index (χ0) is 14.1. The van der Waals surface area contributed by atoms with E-state index in [1.54, 1.807) is 18.6 Å². The van der Waals surface area contributed by atoms with Crippen LogP contribution in [0.3, 0.4) is 0 Å². The van der Waals surface area contributed by atoms with Crippen molar-refractivity contribution in [1.29, 1.82) is 0 Å². The Labute approximate surface area is 117 Å². The fourth-order valence-corrected chi connectivity index (χ4v) is 2.67. The van der Waals surface area contributed by atoms with E-state index in [0.29, 0.717) is 12.5 Å². The van der Waals surface area contributed by atoms with Gasteiger partial charge in [0.15, 0.2) is 0 Å². The molecule has 2 aromatic rings. The molecule has 2 heterocycles. The molecule has 0 aliphatic carbocycles. The maximum atomic E-state index is 13.5. The number of nitrogens with two attached hydrogens (primary N) is 1. The Bertz CT molecular complexity index is 605. The van der Waals surface area contributed by atoms with Gasteiger partial charge >= 0.3 is 0 Å². The average Bonchev–Trinajstić information content (AvgIpc) is 3.11. The molecule has 1 aliphatic rings. The van der Waals surface area contributed by atoms with Crippen molar-refractivity contribution in [1.82, 2.24) is 9.55 Å². The number of aromatic nitrogens is 2. The first kappa shape index (κ1) is 13.3. The molecule has 1 fully saturated rings. The maximum absolute atomic E-state index is 13.5. The number of hydrogen-bond donors (Lipinski definition) is 1. The maximum Gasteiger partial charge on any atom is 0.125 e. The van der Waals surface area contributed by atoms with Crippen LogP contribution in [0.25, 0.3) is 5.69 Å². The van der Waals surface area contributed by atoms with Crippen molar-refractivity contribution in [2.75, 3.05) is 13.2 Å². The predicted octanol–water partition coefficient (Wildman–Crippen LogP) is 2.36. The summed E-state index contributed by atoms with van der Waals surface area (Å²) in [6, 6.07) is 4.58. The van der Waals surface area contributed by atoms with E-state index in [4.69, 9.17) is 10.5 Å². The number of benzene rings is 1. The Morgan fingerprint density at radius 3 is 3.10 bits per heavy atom. The molecule has 1 aliphatic heterocycles. The van der Waals surface area contributed by atoms with E-state index in [1.165, 1.54) is 12.1 Å². The number of halogens is 1. The van der Waals surface area contributed by atoms with Crippen LogP contribution < -0.4 is 5.73 Å². The van der Waals surface area contributed by atoms with Crippen molar-refractivity contribution in [2.24, 2.45) is 11.7 Å². The van der Waals surface area contributed by atoms with Gasteiger partial charge in [-0.3, -0.25) is 0 Å². The molecule has 1 aromatic heterocycles. The van der Waals surface area contributed by atoms with Crippen molar-refractivity contribution in [3.8, 4) is 5.69 Å². The molecule has 0 radical (unpaired) electrons. The third-order valence-corrected chi connectivity index (χ3v) is 3.91. The van der Waals surface area contributed by atoms with Crippen LogP contribution in [0.2, 0.25) is 0 Å². The molecular formula is C15H18FN3O. The van der Waals surface area contributed by atoms with Gasteiger partial charge < -0.3 is 15.0 Å². The second-order valence-corrected chi connectivity index (χ2v) is 5.27. The highest BCUT2D eigenvalue weighted by Crippen LogP contribution is 2.28. The molecule has 1 aromatic carbocycles. The van der Waals surface area contributed by atoms with Crippen LogP contribution >= 0.6 is 0 Å². The van der Waals surface area contributed by atoms with E-state index in [9.17, 15) is 4.39 Å². The minimum atomic E-state index is -0.261. The standard InChI is InChI=1S/C15H18FN3O/c1-10-2-3-12(16)6-13(10)19-9-18-7-14(19)15(17)11-4-5-20-8-11/h2-3,6-7,9,11,15H,4-5,8,17H2,1H3. The van der Waals surface area contributed by atoms with Gasteiger partial charge in [-0.15, -0.1) is 0 Å². The SMILES string of the molecule is Cc1ccc(F)cc1-n1cncc1C(N)C1CCOC1. The number of ether oxygens (including phenoxy) is 1. The Morgan fingerprint density at radius 1 is 1.50 bits per heavy atom. The predicted molar refractivity (Wildman–Crippen MR) is 74.1 cm³/mol. The molecule has 106 valence electrons. The van der Waals surface area contributed by atoms with Crippen LogP contribution in [-0.4, -0.2) is 22.8 Å². The summed E-state index contributed by atoms with van der Waals surface area (Å²) < 4.78 is 20.8. The van der Waals surface area contributed by atoms with Crippen molar-refractivity contribution < 1.29 is 9.13 Å². The van der Waals surface area contributed by atoms with Crippen molar-refractivity contribution >= 4 is 0 Å². The second kappa shape index (κ2) is 5.34. The number of nitrogens with zero attached hydrogens (tertiary/aromatic N) is 2. The van der Waals surface area contributed by atoms with Crippen molar-refractivity contribution in [2.45, 2.75) is 19.4 Å². The van der Waals surface area contributed by atoms with E-state index in [1.807, 2.05) is 11.5 Å². The summed E-state index contributed by atoms with van der Waals surface area (Å²) in [5.74, 6) is 0.0299. The molecule has 4 nitrogen and oxygen atoms in total. The summed E-state index contributed by atoms with van der Waals surface area (Å²) in [5.41, 5.74) is 9.00. The quantitative estimate of drug-likeness (QED) is 0.935. The summed E-state index contributed by atoms with van der Waals surface area (Å²) in [5, 5.41) is 0. The molecule has 0 amide bonds. The summed E-state index contributed by atoms with van der Waals surface area (Å²) in [7, 11) is 0. The zero-order valence-corrected chi connectivity index (χ0v) is 11.4. The lowest BCUT2D eigenvalue weighted by Crippen LogP contribution is -2.24. The highest BCUT2D eigenvalue weighted by atomic mass is 19.1. The fourth-order valence-electron chi connectivity index (χ4n) is 2.67. The Kier molecular flexibility index (Phi) is 3.54. The number of aryl methyl sites for hydroxylation is 1. The summed E-state index contributed by atoms with van der Waals surface area (Å²) in [6.45, 7) is 3.38. The lowest BCUT2D eigenvalue weighted by Gasteiger charge is -2.20. The van der Waals surface area contributed by atoms with Crippen LogP contribution in [0.15, 0.2) is 30.7 Å². The van der Waals surface area contributed by atoms with E-state index < -0.39 is 0 Å². The third kappa shape index (κ3) is 2.34. The van der Waals surface area contributed by atoms with Gasteiger partial charge in [0, 0.05) is 12.5 Å². The number of imidazole rings is 1. The summed E-state index contributed by atoms with van der Waals surface area (Å²) >= 11 is 0. The van der Waals surface area contributed by atoms with E-state index in [2.05, 4.69) is 4.98 Å². The van der Waals surface area contributed by atoms with Gasteiger partial charge in [-0.05, 0) is 31.0 Å². The highest BCUT2D eigenvalue weighted by Gasteiger charge is 2.26. The summed E-state index contributed by atoms with van der Waals surface area (Å²) in [4.78, 5) is 4.18. The Morgan fingerprint density at radius 2 is 2.35 bits per heavy atom. The van der Waals surface area contributed by atoms with E-state index >= 15 is 0 Å². The molecular weight excluding hydrogens is 257 g/mol. The fraction of sp³-hybridized carbons (Fsp3) is 0.400. The lowest BCUT2D eigenvalue weighted by atomic mass is 9.97. The van der Waals surface area contributed by atoms with Crippen LogP contribution in [0.1, 0.15) is 23.7 Å².